The van der Waals surface area contributed by atoms with Gasteiger partial charge in [0, 0.05) is 25.0 Å². The molecule has 1 saturated heterocycles. The lowest BCUT2D eigenvalue weighted by molar-refractivity contribution is -0.121. The molecule has 138 valence electrons. The maximum atomic E-state index is 12.7. The predicted molar refractivity (Wildman–Crippen MR) is 101 cm³/mol. The van der Waals surface area contributed by atoms with Gasteiger partial charge in [0.15, 0.2) is 5.65 Å². The quantitative estimate of drug-likeness (QED) is 0.747. The first-order valence-corrected chi connectivity index (χ1v) is 8.92. The van der Waals surface area contributed by atoms with E-state index in [1.165, 1.54) is 0 Å². The molecule has 1 unspecified atom stereocenters. The van der Waals surface area contributed by atoms with Gasteiger partial charge in [-0.25, -0.2) is 4.79 Å². The topological polar surface area (TPSA) is 91.6 Å². The van der Waals surface area contributed by atoms with E-state index in [4.69, 9.17) is 0 Å². The van der Waals surface area contributed by atoms with Crippen molar-refractivity contribution in [1.82, 2.24) is 19.5 Å². The summed E-state index contributed by atoms with van der Waals surface area (Å²) in [5, 5.41) is 13.8. The number of nitrogens with one attached hydrogen (secondary N) is 2. The fourth-order valence-corrected chi connectivity index (χ4v) is 3.24. The molecule has 0 aliphatic carbocycles. The average Bonchev–Trinajstić information content (AvgIpc) is 3.12. The highest BCUT2D eigenvalue weighted by atomic mass is 16.2. The van der Waals surface area contributed by atoms with Gasteiger partial charge >= 0.3 is 6.03 Å². The minimum atomic E-state index is -0.281. The van der Waals surface area contributed by atoms with Crippen LogP contribution in [-0.2, 0) is 4.79 Å². The normalized spacial score (nSPS) is 16.9. The maximum Gasteiger partial charge on any atom is 0.321 e. The molecule has 1 fully saturated rings. The van der Waals surface area contributed by atoms with Crippen molar-refractivity contribution < 1.29 is 9.59 Å². The fourth-order valence-electron chi connectivity index (χ4n) is 3.24. The third-order valence-corrected chi connectivity index (χ3v) is 4.65. The van der Waals surface area contributed by atoms with Crippen molar-refractivity contribution in [2.24, 2.45) is 5.92 Å². The van der Waals surface area contributed by atoms with Crippen LogP contribution in [0.15, 0.2) is 54.7 Å². The number of urea groups is 1. The van der Waals surface area contributed by atoms with Crippen molar-refractivity contribution in [2.45, 2.75) is 12.8 Å². The Hall–Kier alpha value is -3.42. The van der Waals surface area contributed by atoms with E-state index in [1.54, 1.807) is 15.5 Å². The number of carbonyl (C=O) groups excluding carboxylic acids is 2. The van der Waals surface area contributed by atoms with Gasteiger partial charge < -0.3 is 10.2 Å². The SMILES string of the molecule is O=C(Nc1nnc2ccccn12)C1CCCN(C(=O)Nc2ccccc2)C1. The highest BCUT2D eigenvalue weighted by Crippen LogP contribution is 2.20. The second-order valence-corrected chi connectivity index (χ2v) is 6.52. The van der Waals surface area contributed by atoms with Crippen LogP contribution in [0, 0.1) is 5.92 Å². The second kappa shape index (κ2) is 7.45. The number of piperidine rings is 1. The van der Waals surface area contributed by atoms with E-state index in [0.717, 1.165) is 18.5 Å². The van der Waals surface area contributed by atoms with Crippen molar-refractivity contribution in [2.75, 3.05) is 23.7 Å². The van der Waals surface area contributed by atoms with Crippen molar-refractivity contribution >= 4 is 29.2 Å². The number of carbonyl (C=O) groups is 2. The Kier molecular flexibility index (Phi) is 4.69. The number of rotatable bonds is 3. The molecule has 3 amide bonds. The summed E-state index contributed by atoms with van der Waals surface area (Å²) in [6, 6.07) is 14.6. The van der Waals surface area contributed by atoms with Gasteiger partial charge in [-0.15, -0.1) is 10.2 Å². The van der Waals surface area contributed by atoms with Crippen molar-refractivity contribution in [1.29, 1.82) is 0 Å². The number of pyridine rings is 1. The molecule has 4 rings (SSSR count). The van der Waals surface area contributed by atoms with Gasteiger partial charge in [-0.2, -0.15) is 0 Å². The number of benzene rings is 1. The Labute approximate surface area is 156 Å². The van der Waals surface area contributed by atoms with Crippen molar-refractivity contribution in [3.8, 4) is 0 Å². The molecule has 2 N–H and O–H groups in total. The predicted octanol–water partition coefficient (Wildman–Crippen LogP) is 2.61. The van der Waals surface area contributed by atoms with Gasteiger partial charge in [-0.3, -0.25) is 14.5 Å². The number of hydrogen-bond donors (Lipinski definition) is 2. The van der Waals surface area contributed by atoms with Crippen LogP contribution >= 0.6 is 0 Å². The molecule has 0 spiro atoms. The van der Waals surface area contributed by atoms with E-state index in [2.05, 4.69) is 20.8 Å². The maximum absolute atomic E-state index is 12.7. The van der Waals surface area contributed by atoms with E-state index in [9.17, 15) is 9.59 Å². The molecular weight excluding hydrogens is 344 g/mol. The largest absolute Gasteiger partial charge is 0.324 e. The van der Waals surface area contributed by atoms with Gasteiger partial charge in [-0.05, 0) is 37.1 Å². The Morgan fingerprint density at radius 2 is 1.81 bits per heavy atom. The summed E-state index contributed by atoms with van der Waals surface area (Å²) < 4.78 is 1.72. The lowest BCUT2D eigenvalue weighted by atomic mass is 9.97. The first-order valence-electron chi connectivity index (χ1n) is 8.92. The summed E-state index contributed by atoms with van der Waals surface area (Å²) in [5.74, 6) is -0.0387. The van der Waals surface area contributed by atoms with Crippen molar-refractivity contribution in [3.05, 3.63) is 54.7 Å². The summed E-state index contributed by atoms with van der Waals surface area (Å²) in [4.78, 5) is 26.9. The number of anilines is 2. The molecule has 0 saturated carbocycles. The molecule has 1 aromatic carbocycles. The van der Waals surface area contributed by atoms with E-state index < -0.39 is 0 Å². The molecule has 1 aliphatic rings. The van der Waals surface area contributed by atoms with Crippen LogP contribution in [0.2, 0.25) is 0 Å². The van der Waals surface area contributed by atoms with E-state index in [0.29, 0.717) is 24.7 Å². The second-order valence-electron chi connectivity index (χ2n) is 6.52. The summed E-state index contributed by atoms with van der Waals surface area (Å²) in [6.07, 6.45) is 3.31. The Bertz CT molecular complexity index is 955. The summed E-state index contributed by atoms with van der Waals surface area (Å²) in [7, 11) is 0. The van der Waals surface area contributed by atoms with Gasteiger partial charge in [0.1, 0.15) is 0 Å². The zero-order chi connectivity index (χ0) is 18.6. The number of hydrogen-bond acceptors (Lipinski definition) is 4. The highest BCUT2D eigenvalue weighted by Gasteiger charge is 2.29. The van der Waals surface area contributed by atoms with Gasteiger partial charge in [0.2, 0.25) is 11.9 Å². The number of para-hydroxylation sites is 1. The number of amides is 3. The lowest BCUT2D eigenvalue weighted by Crippen LogP contribution is -2.45. The molecule has 0 bridgehead atoms. The Balaban J connectivity index is 1.40. The molecule has 27 heavy (non-hydrogen) atoms. The monoisotopic (exact) mass is 364 g/mol. The van der Waals surface area contributed by atoms with Crippen LogP contribution in [0.3, 0.4) is 0 Å². The van der Waals surface area contributed by atoms with Crippen LogP contribution in [0.25, 0.3) is 5.65 Å². The summed E-state index contributed by atoms with van der Waals surface area (Å²) in [5.41, 5.74) is 1.41. The zero-order valence-corrected chi connectivity index (χ0v) is 14.7. The number of fused-ring (bicyclic) bond motifs is 1. The first kappa shape index (κ1) is 17.0. The van der Waals surface area contributed by atoms with Crippen LogP contribution in [0.1, 0.15) is 12.8 Å². The third-order valence-electron chi connectivity index (χ3n) is 4.65. The molecule has 3 aromatic rings. The standard InChI is InChI=1S/C19H20N6O2/c26-17(21-18-23-22-16-10-4-5-12-25(16)18)14-7-6-11-24(13-14)19(27)20-15-8-2-1-3-9-15/h1-5,8-10,12,14H,6-7,11,13H2,(H,20,27)(H,21,23,26). The summed E-state index contributed by atoms with van der Waals surface area (Å²) in [6.45, 7) is 1.01. The summed E-state index contributed by atoms with van der Waals surface area (Å²) >= 11 is 0. The highest BCUT2D eigenvalue weighted by molar-refractivity contribution is 5.93. The smallest absolute Gasteiger partial charge is 0.321 e. The van der Waals surface area contributed by atoms with Crippen LogP contribution < -0.4 is 10.6 Å². The fraction of sp³-hybridized carbons (Fsp3) is 0.263. The number of likely N-dealkylation sites (tertiary alicyclic amines) is 1. The molecule has 1 aliphatic heterocycles. The molecule has 8 heteroatoms. The molecule has 3 heterocycles. The van der Waals surface area contributed by atoms with Crippen molar-refractivity contribution in [3.63, 3.8) is 0 Å². The van der Waals surface area contributed by atoms with E-state index >= 15 is 0 Å². The number of aromatic nitrogens is 3. The van der Waals surface area contributed by atoms with Crippen LogP contribution in [0.5, 0.6) is 0 Å². The third kappa shape index (κ3) is 3.74. The minimum Gasteiger partial charge on any atom is -0.324 e. The Morgan fingerprint density at radius 3 is 2.67 bits per heavy atom. The van der Waals surface area contributed by atoms with Gasteiger partial charge in [0.25, 0.3) is 0 Å². The molecule has 0 radical (unpaired) electrons. The van der Waals surface area contributed by atoms with E-state index in [-0.39, 0.29) is 17.9 Å². The average molecular weight is 364 g/mol. The van der Waals surface area contributed by atoms with Gasteiger partial charge in [-0.1, -0.05) is 24.3 Å². The lowest BCUT2D eigenvalue weighted by Gasteiger charge is -2.31. The molecular formula is C19H20N6O2. The first-order chi connectivity index (χ1) is 13.2. The van der Waals surface area contributed by atoms with Crippen LogP contribution in [-0.4, -0.2) is 44.5 Å². The minimum absolute atomic E-state index is 0.148. The Morgan fingerprint density at radius 1 is 1.00 bits per heavy atom. The van der Waals surface area contributed by atoms with Gasteiger partial charge in [0.05, 0.1) is 5.92 Å². The molecule has 2 aromatic heterocycles. The zero-order valence-electron chi connectivity index (χ0n) is 14.7. The van der Waals surface area contributed by atoms with E-state index in [1.807, 2.05) is 48.5 Å². The van der Waals surface area contributed by atoms with Crippen LogP contribution in [0.4, 0.5) is 16.4 Å². The molecule has 8 nitrogen and oxygen atoms in total. The molecule has 1 atom stereocenters. The number of nitrogens with zero attached hydrogens (tertiary/aromatic N) is 4.